The molecule has 0 bridgehead atoms. The van der Waals surface area contributed by atoms with Crippen LogP contribution >= 0.6 is 0 Å². The van der Waals surface area contributed by atoms with E-state index in [0.29, 0.717) is 12.4 Å². The molecule has 0 radical (unpaired) electrons. The van der Waals surface area contributed by atoms with E-state index >= 15 is 0 Å². The van der Waals surface area contributed by atoms with Crippen molar-refractivity contribution in [3.05, 3.63) is 45.6 Å². The van der Waals surface area contributed by atoms with E-state index < -0.39 is 56.6 Å². The second-order valence-corrected chi connectivity index (χ2v) is 5.56. The first-order chi connectivity index (χ1) is 14.0. The molecule has 0 atom stereocenters. The lowest BCUT2D eigenvalue weighted by Crippen LogP contribution is -2.24. The molecule has 14 heteroatoms. The lowest BCUT2D eigenvalue weighted by molar-refractivity contribution is -0.145. The molecule has 0 N–H and O–H groups in total. The van der Waals surface area contributed by atoms with Gasteiger partial charge < -0.3 is 8.80 Å². The Balaban J connectivity index is 2.95. The first-order valence-electron chi connectivity index (χ1n) is 7.41. The molecular weight excluding hydrogens is 418 g/mol. The molecule has 3 heterocycles. The third-order valence-electron chi connectivity index (χ3n) is 3.99. The first-order valence-corrected chi connectivity index (χ1v) is 7.41. The van der Waals surface area contributed by atoms with Crippen LogP contribution in [-0.2, 0) is 12.4 Å². The van der Waals surface area contributed by atoms with Gasteiger partial charge in [0.2, 0.25) is 12.4 Å². The topological polar surface area (TPSA) is 129 Å². The van der Waals surface area contributed by atoms with Gasteiger partial charge in [0.25, 0.3) is 0 Å². The quantitative estimate of drug-likeness (QED) is 0.408. The van der Waals surface area contributed by atoms with Gasteiger partial charge in [-0.05, 0) is 0 Å². The predicted octanol–water partition coefficient (Wildman–Crippen LogP) is 2.17. The number of alkyl halides is 6. The summed E-state index contributed by atoms with van der Waals surface area (Å²) in [4.78, 5) is 6.19. The van der Waals surface area contributed by atoms with E-state index in [1.54, 1.807) is 0 Å². The van der Waals surface area contributed by atoms with Gasteiger partial charge in [-0.15, -0.1) is 0 Å². The standard InChI is InChI=1S/C16H2F6N8/c17-15(18,19)13-11-9(27-5-25)7(1-23)3-29(11)14(16(20,21)22)12-10(28-6-26)8(2-24)4-30(12)13/h3-4H. The molecule has 0 aliphatic rings. The Labute approximate surface area is 160 Å². The molecule has 3 aromatic heterocycles. The van der Waals surface area contributed by atoms with E-state index in [2.05, 4.69) is 9.98 Å². The minimum Gasteiger partial charge on any atom is -0.306 e. The largest absolute Gasteiger partial charge is 0.433 e. The lowest BCUT2D eigenvalue weighted by atomic mass is 10.2. The molecule has 0 aliphatic carbocycles. The van der Waals surface area contributed by atoms with Crippen molar-refractivity contribution in [3.8, 4) is 24.5 Å². The smallest absolute Gasteiger partial charge is 0.306 e. The van der Waals surface area contributed by atoms with Crippen LogP contribution in [0.3, 0.4) is 0 Å². The minimum atomic E-state index is -5.32. The second kappa shape index (κ2) is 6.50. The number of aromatic nitrogens is 2. The molecule has 0 amide bonds. The maximum atomic E-state index is 13.9. The molecular formula is C16H2F6N8. The van der Waals surface area contributed by atoms with Gasteiger partial charge in [0.1, 0.15) is 33.9 Å². The predicted molar refractivity (Wildman–Crippen MR) is 81.3 cm³/mol. The lowest BCUT2D eigenvalue weighted by Gasteiger charge is -2.18. The Hall–Kier alpha value is -4.56. The highest BCUT2D eigenvalue weighted by Gasteiger charge is 2.44. The average Bonchev–Trinajstić information content (AvgIpc) is 3.16. The van der Waals surface area contributed by atoms with E-state index in [1.807, 2.05) is 0 Å². The van der Waals surface area contributed by atoms with Crippen LogP contribution in [-0.4, -0.2) is 8.80 Å². The van der Waals surface area contributed by atoms with Crippen LogP contribution in [0.2, 0.25) is 0 Å². The van der Waals surface area contributed by atoms with Gasteiger partial charge in [-0.2, -0.15) is 57.4 Å². The SMILES string of the molecule is N#CN=c1c(C#N)cn2c(C(F)(F)F)c3c(=NC#N)c(C#N)cn3c(C(F)(F)F)c12. The molecule has 0 aromatic carbocycles. The maximum Gasteiger partial charge on any atom is 0.433 e. The molecule has 148 valence electrons. The molecule has 3 rings (SSSR count). The Kier molecular flexibility index (Phi) is 4.37. The highest BCUT2D eigenvalue weighted by atomic mass is 19.4. The second-order valence-electron chi connectivity index (χ2n) is 5.56. The zero-order valence-electron chi connectivity index (χ0n) is 14.0. The Morgan fingerprint density at radius 2 is 1.00 bits per heavy atom. The maximum absolute atomic E-state index is 13.9. The zero-order valence-corrected chi connectivity index (χ0v) is 14.0. The number of nitriles is 4. The summed E-state index contributed by atoms with van der Waals surface area (Å²) in [6.45, 7) is 0. The molecule has 0 spiro atoms. The summed E-state index contributed by atoms with van der Waals surface area (Å²) in [6, 6.07) is 2.80. The summed E-state index contributed by atoms with van der Waals surface area (Å²) < 4.78 is 83.7. The molecule has 0 saturated heterocycles. The van der Waals surface area contributed by atoms with Gasteiger partial charge in [0.15, 0.2) is 11.4 Å². The van der Waals surface area contributed by atoms with E-state index in [9.17, 15) is 26.3 Å². The van der Waals surface area contributed by atoms with E-state index in [1.165, 1.54) is 12.1 Å². The molecule has 3 aromatic rings. The van der Waals surface area contributed by atoms with Gasteiger partial charge in [-0.1, -0.05) is 0 Å². The van der Waals surface area contributed by atoms with Crippen molar-refractivity contribution >= 4 is 11.0 Å². The van der Waals surface area contributed by atoms with Crippen molar-refractivity contribution in [1.82, 2.24) is 8.80 Å². The zero-order chi connectivity index (χ0) is 22.4. The third-order valence-corrected chi connectivity index (χ3v) is 3.99. The molecule has 0 unspecified atom stereocenters. The summed E-state index contributed by atoms with van der Waals surface area (Å²) in [7, 11) is 0. The summed E-state index contributed by atoms with van der Waals surface area (Å²) in [5, 5.41) is 34.0. The molecule has 0 fully saturated rings. The molecule has 0 aliphatic heterocycles. The van der Waals surface area contributed by atoms with Crippen molar-refractivity contribution in [2.75, 3.05) is 0 Å². The number of fused-ring (bicyclic) bond motifs is 2. The summed E-state index contributed by atoms with van der Waals surface area (Å²) in [5.41, 5.74) is -7.36. The Bertz CT molecular complexity index is 1390. The number of halogens is 6. The van der Waals surface area contributed by atoms with Gasteiger partial charge >= 0.3 is 12.4 Å². The van der Waals surface area contributed by atoms with Crippen molar-refractivity contribution in [2.24, 2.45) is 9.98 Å². The first kappa shape index (κ1) is 20.2. The summed E-state index contributed by atoms with van der Waals surface area (Å²) >= 11 is 0. The van der Waals surface area contributed by atoms with Crippen molar-refractivity contribution < 1.29 is 26.3 Å². The highest BCUT2D eigenvalue weighted by Crippen LogP contribution is 2.38. The van der Waals surface area contributed by atoms with Crippen LogP contribution in [0.4, 0.5) is 26.3 Å². The minimum absolute atomic E-state index is 0.0183. The molecule has 30 heavy (non-hydrogen) atoms. The van der Waals surface area contributed by atoms with E-state index in [-0.39, 0.29) is 8.80 Å². The Morgan fingerprint density at radius 3 is 1.23 bits per heavy atom. The van der Waals surface area contributed by atoms with Crippen LogP contribution < -0.4 is 10.7 Å². The average molecular weight is 420 g/mol. The summed E-state index contributed by atoms with van der Waals surface area (Å²) in [6.07, 6.45) is -7.43. The molecule has 8 nitrogen and oxygen atoms in total. The number of hydrogen-bond donors (Lipinski definition) is 0. The van der Waals surface area contributed by atoms with E-state index in [0.717, 1.165) is 12.4 Å². The van der Waals surface area contributed by atoms with Gasteiger partial charge in [0.05, 0.1) is 11.1 Å². The highest BCUT2D eigenvalue weighted by molar-refractivity contribution is 5.69. The monoisotopic (exact) mass is 420 g/mol. The van der Waals surface area contributed by atoms with Gasteiger partial charge in [-0.3, -0.25) is 0 Å². The van der Waals surface area contributed by atoms with Crippen LogP contribution in [0, 0.1) is 45.6 Å². The van der Waals surface area contributed by atoms with Crippen LogP contribution in [0.25, 0.3) is 11.0 Å². The fourth-order valence-corrected chi connectivity index (χ4v) is 3.06. The van der Waals surface area contributed by atoms with Crippen LogP contribution in [0.15, 0.2) is 22.4 Å². The number of nitrogens with zero attached hydrogens (tertiary/aromatic N) is 8. The fraction of sp³-hybridized carbons (Fsp3) is 0.125. The van der Waals surface area contributed by atoms with Crippen molar-refractivity contribution in [2.45, 2.75) is 12.4 Å². The molecule has 0 saturated carbocycles. The number of rotatable bonds is 0. The van der Waals surface area contributed by atoms with E-state index in [4.69, 9.17) is 21.0 Å². The van der Waals surface area contributed by atoms with Crippen LogP contribution in [0.1, 0.15) is 22.5 Å². The Morgan fingerprint density at radius 1 is 0.667 bits per heavy atom. The fourth-order valence-electron chi connectivity index (χ4n) is 3.06. The van der Waals surface area contributed by atoms with Crippen molar-refractivity contribution in [3.63, 3.8) is 0 Å². The third kappa shape index (κ3) is 2.76. The number of hydrogen-bond acceptors (Lipinski definition) is 6. The van der Waals surface area contributed by atoms with Gasteiger partial charge in [-0.25, -0.2) is 0 Å². The van der Waals surface area contributed by atoms with Gasteiger partial charge in [0, 0.05) is 12.4 Å². The van der Waals surface area contributed by atoms with Crippen molar-refractivity contribution in [1.29, 1.82) is 21.0 Å². The normalized spacial score (nSPS) is 13.3. The summed E-state index contributed by atoms with van der Waals surface area (Å²) in [5.74, 6) is 0. The van der Waals surface area contributed by atoms with Crippen LogP contribution in [0.5, 0.6) is 0 Å².